The van der Waals surface area contributed by atoms with E-state index in [0.29, 0.717) is 37.2 Å². The second-order valence-electron chi connectivity index (χ2n) is 10.1. The Bertz CT molecular complexity index is 1220. The van der Waals surface area contributed by atoms with Crippen LogP contribution in [0, 0.1) is 5.82 Å². The highest BCUT2D eigenvalue weighted by Gasteiger charge is 2.32. The van der Waals surface area contributed by atoms with Crippen LogP contribution in [0.4, 0.5) is 14.9 Å². The van der Waals surface area contributed by atoms with Gasteiger partial charge in [0.2, 0.25) is 0 Å². The maximum Gasteiger partial charge on any atom is 0.410 e. The molecule has 7 nitrogen and oxygen atoms in total. The molecule has 8 heteroatoms. The molecule has 190 valence electrons. The Morgan fingerprint density at radius 3 is 2.44 bits per heavy atom. The number of rotatable bonds is 5. The Labute approximate surface area is 211 Å². The summed E-state index contributed by atoms with van der Waals surface area (Å²) in [4.78, 5) is 27.6. The van der Waals surface area contributed by atoms with Crippen LogP contribution in [-0.4, -0.2) is 45.4 Å². The fourth-order valence-corrected chi connectivity index (χ4v) is 4.44. The summed E-state index contributed by atoms with van der Waals surface area (Å²) in [6.45, 7) is 8.62. The molecule has 0 atom stereocenters. The molecule has 2 amide bonds. The number of hydrogen-bond donors (Lipinski definition) is 1. The number of aryl methyl sites for hydroxylation is 1. The molecular formula is C28H33FN4O3. The third-order valence-electron chi connectivity index (χ3n) is 6.25. The Morgan fingerprint density at radius 1 is 1.11 bits per heavy atom. The molecule has 0 unspecified atom stereocenters. The first-order valence-electron chi connectivity index (χ1n) is 12.4. The van der Waals surface area contributed by atoms with Crippen molar-refractivity contribution in [2.45, 2.75) is 58.5 Å². The predicted molar refractivity (Wildman–Crippen MR) is 137 cm³/mol. The lowest BCUT2D eigenvalue weighted by molar-refractivity contribution is 0.0203. The summed E-state index contributed by atoms with van der Waals surface area (Å²) >= 11 is 0. The van der Waals surface area contributed by atoms with Gasteiger partial charge < -0.3 is 15.0 Å². The average Bonchev–Trinajstić information content (AvgIpc) is 3.29. The van der Waals surface area contributed by atoms with Crippen molar-refractivity contribution in [1.82, 2.24) is 14.7 Å². The summed E-state index contributed by atoms with van der Waals surface area (Å²) < 4.78 is 20.8. The van der Waals surface area contributed by atoms with Gasteiger partial charge >= 0.3 is 6.09 Å². The summed E-state index contributed by atoms with van der Waals surface area (Å²) in [5, 5.41) is 7.52. The fraction of sp³-hybridized carbons (Fsp3) is 0.393. The molecule has 1 fully saturated rings. The van der Waals surface area contributed by atoms with Crippen LogP contribution in [-0.2, 0) is 11.2 Å². The summed E-state index contributed by atoms with van der Waals surface area (Å²) in [5.74, 6) is -0.605. The van der Waals surface area contributed by atoms with Crippen LogP contribution >= 0.6 is 0 Å². The second-order valence-corrected chi connectivity index (χ2v) is 10.1. The van der Waals surface area contributed by atoms with Crippen molar-refractivity contribution in [3.05, 3.63) is 77.4 Å². The number of amides is 2. The number of carbonyl (C=O) groups is 2. The lowest BCUT2D eigenvalue weighted by Crippen LogP contribution is -2.41. The van der Waals surface area contributed by atoms with Gasteiger partial charge in [0.05, 0.1) is 23.1 Å². The van der Waals surface area contributed by atoms with Crippen molar-refractivity contribution in [1.29, 1.82) is 0 Å². The van der Waals surface area contributed by atoms with E-state index in [0.717, 1.165) is 23.4 Å². The maximum absolute atomic E-state index is 13.6. The molecule has 0 bridgehead atoms. The van der Waals surface area contributed by atoms with Gasteiger partial charge in [0.15, 0.2) is 0 Å². The topological polar surface area (TPSA) is 76.5 Å². The van der Waals surface area contributed by atoms with Gasteiger partial charge in [0.25, 0.3) is 5.91 Å². The number of likely N-dealkylation sites (tertiary alicyclic amines) is 1. The lowest BCUT2D eigenvalue weighted by atomic mass is 9.90. The first-order valence-corrected chi connectivity index (χ1v) is 12.4. The number of aromatic nitrogens is 2. The fourth-order valence-electron chi connectivity index (χ4n) is 4.44. The molecule has 1 aliphatic rings. The minimum atomic E-state index is -0.560. The number of hydrogen-bond acceptors (Lipinski definition) is 4. The van der Waals surface area contributed by atoms with E-state index in [2.05, 4.69) is 17.3 Å². The normalized spacial score (nSPS) is 14.5. The predicted octanol–water partition coefficient (Wildman–Crippen LogP) is 5.94. The van der Waals surface area contributed by atoms with Crippen LogP contribution in [0.2, 0.25) is 0 Å². The van der Waals surface area contributed by atoms with Gasteiger partial charge in [-0.2, -0.15) is 5.10 Å². The first-order chi connectivity index (χ1) is 17.1. The molecule has 1 N–H and O–H groups in total. The Balaban J connectivity index is 1.61. The van der Waals surface area contributed by atoms with Crippen molar-refractivity contribution in [2.24, 2.45) is 0 Å². The van der Waals surface area contributed by atoms with Crippen molar-refractivity contribution in [3.63, 3.8) is 0 Å². The standard InChI is InChI=1S/C28H33FN4O3/c1-5-19-7-6-8-22(17-19)31-26(34)24-18-30-33(23-11-9-21(29)10-12-23)25(24)20-13-15-32(16-14-20)27(35)36-28(2,3)4/h6-12,17-18,20H,5,13-16H2,1-4H3,(H,31,34). The van der Waals surface area contributed by atoms with Crippen molar-refractivity contribution >= 4 is 17.7 Å². The number of benzene rings is 2. The molecule has 1 aliphatic heterocycles. The van der Waals surface area contributed by atoms with Gasteiger partial charge in [-0.3, -0.25) is 4.79 Å². The van der Waals surface area contributed by atoms with E-state index >= 15 is 0 Å². The number of ether oxygens (including phenoxy) is 1. The minimum Gasteiger partial charge on any atom is -0.444 e. The summed E-state index contributed by atoms with van der Waals surface area (Å²) in [6, 6.07) is 13.8. The van der Waals surface area contributed by atoms with Crippen LogP contribution in [0.25, 0.3) is 5.69 Å². The summed E-state index contributed by atoms with van der Waals surface area (Å²) in [6.07, 6.45) is 3.41. The average molecular weight is 493 g/mol. The van der Waals surface area contributed by atoms with Gasteiger partial charge in [-0.05, 0) is 82.0 Å². The van der Waals surface area contributed by atoms with Gasteiger partial charge in [0, 0.05) is 24.7 Å². The van der Waals surface area contributed by atoms with Gasteiger partial charge in [-0.25, -0.2) is 13.9 Å². The number of halogens is 1. The molecule has 0 radical (unpaired) electrons. The lowest BCUT2D eigenvalue weighted by Gasteiger charge is -2.34. The Hall–Kier alpha value is -3.68. The molecule has 4 rings (SSSR count). The SMILES string of the molecule is CCc1cccc(NC(=O)c2cnn(-c3ccc(F)cc3)c2C2CCN(C(=O)OC(C)(C)C)CC2)c1. The number of carbonyl (C=O) groups excluding carboxylic acids is 2. The zero-order valence-corrected chi connectivity index (χ0v) is 21.3. The first kappa shape index (κ1) is 25.4. The van der Waals surface area contributed by atoms with Crippen molar-refractivity contribution < 1.29 is 18.7 Å². The van der Waals surface area contributed by atoms with E-state index in [9.17, 15) is 14.0 Å². The molecule has 2 heterocycles. The molecule has 0 aliphatic carbocycles. The van der Waals surface area contributed by atoms with E-state index in [4.69, 9.17) is 4.74 Å². The van der Waals surface area contributed by atoms with Gasteiger partial charge in [-0.1, -0.05) is 19.1 Å². The highest BCUT2D eigenvalue weighted by atomic mass is 19.1. The molecule has 36 heavy (non-hydrogen) atoms. The van der Waals surface area contributed by atoms with Crippen LogP contribution in [0.15, 0.2) is 54.7 Å². The zero-order chi connectivity index (χ0) is 25.9. The van der Waals surface area contributed by atoms with Crippen molar-refractivity contribution in [3.8, 4) is 5.69 Å². The molecule has 0 spiro atoms. The number of nitrogens with zero attached hydrogens (tertiary/aromatic N) is 3. The molecular weight excluding hydrogens is 459 g/mol. The van der Waals surface area contributed by atoms with Gasteiger partial charge in [0.1, 0.15) is 11.4 Å². The Kier molecular flexibility index (Phi) is 7.43. The molecule has 0 saturated carbocycles. The zero-order valence-electron chi connectivity index (χ0n) is 21.3. The second kappa shape index (κ2) is 10.5. The van der Waals surface area contributed by atoms with E-state index in [1.807, 2.05) is 45.0 Å². The van der Waals surface area contributed by atoms with Crippen LogP contribution < -0.4 is 5.32 Å². The maximum atomic E-state index is 13.6. The molecule has 1 saturated heterocycles. The molecule has 2 aromatic carbocycles. The van der Waals surface area contributed by atoms with E-state index in [1.54, 1.807) is 27.9 Å². The largest absolute Gasteiger partial charge is 0.444 e. The highest BCUT2D eigenvalue weighted by molar-refractivity contribution is 6.05. The van der Waals surface area contributed by atoms with E-state index in [1.165, 1.54) is 12.1 Å². The third-order valence-corrected chi connectivity index (χ3v) is 6.25. The van der Waals surface area contributed by atoms with Crippen molar-refractivity contribution in [2.75, 3.05) is 18.4 Å². The number of nitrogens with one attached hydrogen (secondary N) is 1. The van der Waals surface area contributed by atoms with Crippen LogP contribution in [0.5, 0.6) is 0 Å². The van der Waals surface area contributed by atoms with E-state index < -0.39 is 5.60 Å². The van der Waals surface area contributed by atoms with E-state index in [-0.39, 0.29) is 23.7 Å². The monoisotopic (exact) mass is 492 g/mol. The molecule has 3 aromatic rings. The highest BCUT2D eigenvalue weighted by Crippen LogP contribution is 2.33. The Morgan fingerprint density at radius 2 is 1.81 bits per heavy atom. The minimum absolute atomic E-state index is 0.0148. The third kappa shape index (κ3) is 5.93. The molecule has 1 aromatic heterocycles. The number of anilines is 1. The van der Waals surface area contributed by atoms with Crippen LogP contribution in [0.3, 0.4) is 0 Å². The smallest absolute Gasteiger partial charge is 0.410 e. The summed E-state index contributed by atoms with van der Waals surface area (Å²) in [5.41, 5.74) is 3.19. The quantitative estimate of drug-likeness (QED) is 0.478. The van der Waals surface area contributed by atoms with Gasteiger partial charge in [-0.15, -0.1) is 0 Å². The van der Waals surface area contributed by atoms with Crippen LogP contribution in [0.1, 0.15) is 68.1 Å². The number of piperidine rings is 1. The summed E-state index contributed by atoms with van der Waals surface area (Å²) in [7, 11) is 0.